The molecule has 1 aromatic carbocycles. The predicted molar refractivity (Wildman–Crippen MR) is 87.5 cm³/mol. The zero-order valence-electron chi connectivity index (χ0n) is 12.7. The number of thioether (sulfide) groups is 1. The van der Waals surface area contributed by atoms with Gasteiger partial charge in [-0.25, -0.2) is 0 Å². The van der Waals surface area contributed by atoms with Gasteiger partial charge < -0.3 is 15.8 Å². The van der Waals surface area contributed by atoms with Crippen LogP contribution in [0.5, 0.6) is 5.75 Å². The Morgan fingerprint density at radius 3 is 2.70 bits per heavy atom. The Hall–Kier alpha value is -1.36. The number of nitrogens with two attached hydrogens (primary N) is 1. The van der Waals surface area contributed by atoms with Crippen molar-refractivity contribution >= 4 is 29.0 Å². The molecule has 0 aliphatic rings. The molecular formula is C15H24N2O2S. The second-order valence-electron chi connectivity index (χ2n) is 5.57. The molecule has 1 amide bonds. The predicted octanol–water partition coefficient (Wildman–Crippen LogP) is 3.53. The van der Waals surface area contributed by atoms with Crippen molar-refractivity contribution in [2.45, 2.75) is 38.4 Å². The summed E-state index contributed by atoms with van der Waals surface area (Å²) < 4.78 is 5.45. The van der Waals surface area contributed by atoms with Gasteiger partial charge in [0.15, 0.2) is 0 Å². The number of methoxy groups -OCH3 is 1. The molecule has 0 spiro atoms. The highest BCUT2D eigenvalue weighted by atomic mass is 32.2. The first kappa shape index (κ1) is 16.7. The van der Waals surface area contributed by atoms with Crippen LogP contribution in [-0.4, -0.2) is 23.5 Å². The average molecular weight is 296 g/mol. The normalized spacial score (nSPS) is 11.2. The summed E-state index contributed by atoms with van der Waals surface area (Å²) in [5.41, 5.74) is 6.95. The van der Waals surface area contributed by atoms with Crippen molar-refractivity contribution in [2.24, 2.45) is 0 Å². The minimum absolute atomic E-state index is 0.00239. The van der Waals surface area contributed by atoms with Crippen LogP contribution in [0.25, 0.3) is 0 Å². The van der Waals surface area contributed by atoms with Crippen LogP contribution < -0.4 is 15.8 Å². The van der Waals surface area contributed by atoms with Crippen molar-refractivity contribution in [2.75, 3.05) is 23.9 Å². The molecule has 0 saturated carbocycles. The van der Waals surface area contributed by atoms with Crippen LogP contribution in [-0.2, 0) is 4.79 Å². The first-order valence-electron chi connectivity index (χ1n) is 6.69. The quantitative estimate of drug-likeness (QED) is 0.622. The van der Waals surface area contributed by atoms with E-state index in [1.165, 1.54) is 0 Å². The van der Waals surface area contributed by atoms with E-state index in [2.05, 4.69) is 26.1 Å². The maximum absolute atomic E-state index is 11.9. The van der Waals surface area contributed by atoms with Crippen LogP contribution in [0.4, 0.5) is 11.4 Å². The molecule has 112 valence electrons. The maximum atomic E-state index is 11.9. The number of ether oxygens (including phenoxy) is 1. The molecule has 0 unspecified atom stereocenters. The van der Waals surface area contributed by atoms with Gasteiger partial charge in [-0.2, -0.15) is 11.8 Å². The monoisotopic (exact) mass is 296 g/mol. The fourth-order valence-electron chi connectivity index (χ4n) is 1.63. The zero-order valence-corrected chi connectivity index (χ0v) is 13.5. The molecule has 0 atom stereocenters. The van der Waals surface area contributed by atoms with E-state index < -0.39 is 0 Å². The van der Waals surface area contributed by atoms with Gasteiger partial charge in [0.1, 0.15) is 5.75 Å². The molecule has 0 aliphatic carbocycles. The number of carbonyl (C=O) groups excluding carboxylic acids is 1. The van der Waals surface area contributed by atoms with E-state index >= 15 is 0 Å². The second kappa shape index (κ2) is 7.43. The molecule has 1 aromatic rings. The van der Waals surface area contributed by atoms with E-state index in [9.17, 15) is 4.79 Å². The first-order valence-corrected chi connectivity index (χ1v) is 7.68. The number of hydrogen-bond acceptors (Lipinski definition) is 4. The topological polar surface area (TPSA) is 64.3 Å². The van der Waals surface area contributed by atoms with Crippen LogP contribution in [0.3, 0.4) is 0 Å². The third-order valence-corrected chi connectivity index (χ3v) is 3.94. The van der Waals surface area contributed by atoms with Gasteiger partial charge in [0.25, 0.3) is 0 Å². The SMILES string of the molecule is COc1cc(N)ccc1NC(=O)CCCSC(C)(C)C. The molecule has 4 nitrogen and oxygen atoms in total. The summed E-state index contributed by atoms with van der Waals surface area (Å²) in [5.74, 6) is 1.57. The minimum Gasteiger partial charge on any atom is -0.494 e. The molecule has 1 rings (SSSR count). The highest BCUT2D eigenvalue weighted by molar-refractivity contribution is 8.00. The molecular weight excluding hydrogens is 272 g/mol. The lowest BCUT2D eigenvalue weighted by molar-refractivity contribution is -0.116. The summed E-state index contributed by atoms with van der Waals surface area (Å²) in [7, 11) is 1.56. The number of benzene rings is 1. The van der Waals surface area contributed by atoms with Crippen LogP contribution >= 0.6 is 11.8 Å². The Bertz CT molecular complexity index is 456. The van der Waals surface area contributed by atoms with Crippen LogP contribution in [0.2, 0.25) is 0 Å². The Balaban J connectivity index is 2.43. The van der Waals surface area contributed by atoms with E-state index in [4.69, 9.17) is 10.5 Å². The molecule has 5 heteroatoms. The third-order valence-electron chi connectivity index (χ3n) is 2.58. The van der Waals surface area contributed by atoms with Crippen LogP contribution in [0, 0.1) is 0 Å². The van der Waals surface area contributed by atoms with Crippen molar-refractivity contribution in [1.82, 2.24) is 0 Å². The van der Waals surface area contributed by atoms with Gasteiger partial charge in [0, 0.05) is 22.9 Å². The van der Waals surface area contributed by atoms with Crippen molar-refractivity contribution in [3.8, 4) is 5.75 Å². The molecule has 0 aliphatic heterocycles. The van der Waals surface area contributed by atoms with Crippen molar-refractivity contribution in [1.29, 1.82) is 0 Å². The molecule has 0 aromatic heterocycles. The van der Waals surface area contributed by atoms with Gasteiger partial charge in [0.05, 0.1) is 12.8 Å². The minimum atomic E-state index is 0.00239. The lowest BCUT2D eigenvalue weighted by atomic mass is 10.2. The summed E-state index contributed by atoms with van der Waals surface area (Å²) in [6.07, 6.45) is 1.38. The Labute approximate surface area is 125 Å². The van der Waals surface area contributed by atoms with Crippen molar-refractivity contribution in [3.63, 3.8) is 0 Å². The van der Waals surface area contributed by atoms with Crippen LogP contribution in [0.1, 0.15) is 33.6 Å². The first-order chi connectivity index (χ1) is 9.31. The number of amides is 1. The van der Waals surface area contributed by atoms with Gasteiger partial charge >= 0.3 is 0 Å². The van der Waals surface area contributed by atoms with Gasteiger partial charge in [0.2, 0.25) is 5.91 Å². The largest absolute Gasteiger partial charge is 0.494 e. The maximum Gasteiger partial charge on any atom is 0.224 e. The second-order valence-corrected chi connectivity index (χ2v) is 7.49. The van der Waals surface area contributed by atoms with Gasteiger partial charge in [-0.3, -0.25) is 4.79 Å². The van der Waals surface area contributed by atoms with E-state index in [0.29, 0.717) is 23.5 Å². The molecule has 20 heavy (non-hydrogen) atoms. The standard InChI is InChI=1S/C15H24N2O2S/c1-15(2,3)20-9-5-6-14(18)17-12-8-7-11(16)10-13(12)19-4/h7-8,10H,5-6,9,16H2,1-4H3,(H,17,18). The van der Waals surface area contributed by atoms with E-state index in [1.54, 1.807) is 25.3 Å². The highest BCUT2D eigenvalue weighted by Gasteiger charge is 2.11. The molecule has 0 fully saturated rings. The number of nitrogen functional groups attached to an aromatic ring is 1. The molecule has 0 radical (unpaired) electrons. The number of carbonyl (C=O) groups is 1. The zero-order chi connectivity index (χ0) is 15.2. The Morgan fingerprint density at radius 1 is 1.40 bits per heavy atom. The average Bonchev–Trinajstić information content (AvgIpc) is 2.35. The van der Waals surface area contributed by atoms with E-state index in [0.717, 1.165) is 12.2 Å². The molecule has 0 heterocycles. The number of nitrogens with one attached hydrogen (secondary N) is 1. The van der Waals surface area contributed by atoms with Crippen molar-refractivity contribution < 1.29 is 9.53 Å². The third kappa shape index (κ3) is 6.19. The fraction of sp³-hybridized carbons (Fsp3) is 0.533. The summed E-state index contributed by atoms with van der Waals surface area (Å²) in [6, 6.07) is 5.20. The van der Waals surface area contributed by atoms with Gasteiger partial charge in [-0.1, -0.05) is 20.8 Å². The number of hydrogen-bond donors (Lipinski definition) is 2. The van der Waals surface area contributed by atoms with E-state index in [-0.39, 0.29) is 10.7 Å². The number of rotatable bonds is 6. The van der Waals surface area contributed by atoms with Gasteiger partial charge in [-0.05, 0) is 24.3 Å². The summed E-state index contributed by atoms with van der Waals surface area (Å²) >= 11 is 1.87. The lowest BCUT2D eigenvalue weighted by Crippen LogP contribution is -2.13. The van der Waals surface area contributed by atoms with E-state index in [1.807, 2.05) is 11.8 Å². The Morgan fingerprint density at radius 2 is 2.10 bits per heavy atom. The lowest BCUT2D eigenvalue weighted by Gasteiger charge is -2.17. The Kier molecular flexibility index (Phi) is 6.20. The number of anilines is 2. The van der Waals surface area contributed by atoms with Crippen molar-refractivity contribution in [3.05, 3.63) is 18.2 Å². The van der Waals surface area contributed by atoms with Gasteiger partial charge in [-0.15, -0.1) is 0 Å². The highest BCUT2D eigenvalue weighted by Crippen LogP contribution is 2.27. The summed E-state index contributed by atoms with van der Waals surface area (Å²) in [4.78, 5) is 11.9. The fourth-order valence-corrected chi connectivity index (χ4v) is 2.54. The molecule has 0 saturated heterocycles. The smallest absolute Gasteiger partial charge is 0.224 e. The summed E-state index contributed by atoms with van der Waals surface area (Å²) in [5, 5.41) is 2.86. The van der Waals surface area contributed by atoms with Crippen LogP contribution in [0.15, 0.2) is 18.2 Å². The molecule has 3 N–H and O–H groups in total. The molecule has 0 bridgehead atoms. The summed E-state index contributed by atoms with van der Waals surface area (Å²) in [6.45, 7) is 6.53.